The Hall–Kier alpha value is -1.60. The van der Waals surface area contributed by atoms with Gasteiger partial charge in [-0.05, 0) is 89.0 Å². The van der Waals surface area contributed by atoms with Crippen molar-refractivity contribution in [3.05, 3.63) is 46.5 Å². The van der Waals surface area contributed by atoms with Crippen molar-refractivity contribution in [2.75, 3.05) is 7.05 Å². The highest BCUT2D eigenvalue weighted by atomic mass is 35.5. The summed E-state index contributed by atoms with van der Waals surface area (Å²) in [7, 11) is 1.84. The minimum absolute atomic E-state index is 0.0865. The Balaban J connectivity index is 0.000000176. The lowest BCUT2D eigenvalue weighted by atomic mass is 9.44. The molecule has 0 aliphatic heterocycles. The monoisotopic (exact) mass is 573 g/mol. The molecule has 1 aromatic rings. The highest BCUT2D eigenvalue weighted by Crippen LogP contribution is 2.70. The molecule has 8 atom stereocenters. The first-order chi connectivity index (χ1) is 18.8. The van der Waals surface area contributed by atoms with Crippen LogP contribution in [0.1, 0.15) is 97.0 Å². The molecule has 0 bridgehead atoms. The van der Waals surface area contributed by atoms with Crippen LogP contribution in [-0.2, 0) is 15.1 Å². The van der Waals surface area contributed by atoms with E-state index in [2.05, 4.69) is 5.32 Å². The van der Waals surface area contributed by atoms with Crippen molar-refractivity contribution in [1.82, 2.24) is 5.32 Å². The average molecular weight is 574 g/mol. The van der Waals surface area contributed by atoms with Gasteiger partial charge in [-0.15, -0.1) is 0 Å². The molecule has 0 radical (unpaired) electrons. The van der Waals surface area contributed by atoms with Crippen LogP contribution < -0.4 is 5.32 Å². The molecule has 1 unspecified atom stereocenters. The number of fused-ring (bicyclic) bond motifs is 5. The topological polar surface area (TPSA) is 86.6 Å². The van der Waals surface area contributed by atoms with E-state index < -0.39 is 33.7 Å². The van der Waals surface area contributed by atoms with Gasteiger partial charge in [0.15, 0.2) is 11.6 Å². The zero-order valence-corrected chi connectivity index (χ0v) is 25.1. The SMILES string of the molecule is CNC1(c2ccccc2Cl)CCCCC1=O.C[C@]1(O)CC[C@H]2[C@@H]3CCC4=CC(=O)CC[C@]4(C)[C@@]3(F)[C@@H](O)C[C@@]21C. The number of rotatable bonds is 2. The Morgan fingerprint density at radius 2 is 1.70 bits per heavy atom. The average Bonchev–Trinajstić information content (AvgIpc) is 3.15. The molecule has 0 heterocycles. The third kappa shape index (κ3) is 4.19. The molecule has 1 aromatic carbocycles. The first kappa shape index (κ1) is 29.9. The van der Waals surface area contributed by atoms with Gasteiger partial charge in [-0.3, -0.25) is 9.59 Å². The van der Waals surface area contributed by atoms with Gasteiger partial charge < -0.3 is 15.5 Å². The molecule has 3 N–H and O–H groups in total. The number of alkyl halides is 1. The fourth-order valence-corrected chi connectivity index (χ4v) is 9.61. The van der Waals surface area contributed by atoms with E-state index in [0.717, 1.165) is 43.2 Å². The van der Waals surface area contributed by atoms with E-state index >= 15 is 4.39 Å². The number of aliphatic hydroxyl groups is 2. The van der Waals surface area contributed by atoms with E-state index in [-0.39, 0.29) is 23.4 Å². The number of ketones is 2. The third-order valence-electron chi connectivity index (χ3n) is 12.0. The number of Topliss-reactive ketones (excluding diaryl/α,β-unsaturated/α-hetero) is 1. The van der Waals surface area contributed by atoms with Crippen molar-refractivity contribution in [2.45, 2.75) is 114 Å². The van der Waals surface area contributed by atoms with Crippen molar-refractivity contribution in [3.63, 3.8) is 0 Å². The van der Waals surface area contributed by atoms with E-state index in [1.807, 2.05) is 52.1 Å². The maximum Gasteiger partial charge on any atom is 0.157 e. The van der Waals surface area contributed by atoms with Crippen LogP contribution >= 0.6 is 11.6 Å². The second-order valence-corrected chi connectivity index (χ2v) is 14.1. The van der Waals surface area contributed by atoms with Gasteiger partial charge in [0.25, 0.3) is 0 Å². The van der Waals surface area contributed by atoms with Gasteiger partial charge >= 0.3 is 0 Å². The molecule has 7 heteroatoms. The Labute approximate surface area is 243 Å². The maximum atomic E-state index is 16.6. The molecule has 4 saturated carbocycles. The summed E-state index contributed by atoms with van der Waals surface area (Å²) in [6, 6.07) is 7.62. The molecule has 5 nitrogen and oxygen atoms in total. The van der Waals surface area contributed by atoms with Crippen LogP contribution in [0.15, 0.2) is 35.9 Å². The second kappa shape index (κ2) is 10.3. The summed E-state index contributed by atoms with van der Waals surface area (Å²) in [4.78, 5) is 24.0. The Morgan fingerprint density at radius 1 is 0.975 bits per heavy atom. The number of hydrogen-bond acceptors (Lipinski definition) is 5. The minimum Gasteiger partial charge on any atom is -0.390 e. The number of nitrogens with one attached hydrogen (secondary N) is 1. The van der Waals surface area contributed by atoms with Gasteiger partial charge in [-0.2, -0.15) is 0 Å². The van der Waals surface area contributed by atoms with Crippen molar-refractivity contribution in [2.24, 2.45) is 22.7 Å². The fraction of sp³-hybridized carbons (Fsp3) is 0.697. The van der Waals surface area contributed by atoms with Crippen LogP contribution in [-0.4, -0.2) is 46.2 Å². The number of benzene rings is 1. The molecule has 5 aliphatic carbocycles. The summed E-state index contributed by atoms with van der Waals surface area (Å²) in [6.07, 6.45) is 8.15. The summed E-state index contributed by atoms with van der Waals surface area (Å²) in [5.74, 6) is 0.199. The van der Waals surface area contributed by atoms with Gasteiger partial charge in [0.05, 0.1) is 11.7 Å². The van der Waals surface area contributed by atoms with Crippen LogP contribution in [0.25, 0.3) is 0 Å². The van der Waals surface area contributed by atoms with Crippen LogP contribution in [0.5, 0.6) is 0 Å². The van der Waals surface area contributed by atoms with E-state index in [1.54, 1.807) is 6.08 Å². The zero-order valence-electron chi connectivity index (χ0n) is 24.4. The smallest absolute Gasteiger partial charge is 0.157 e. The number of carbonyl (C=O) groups is 2. The first-order valence-corrected chi connectivity index (χ1v) is 15.4. The standard InChI is InChI=1S/C20H29FO3.C13H16ClNO/c1-17-8-6-13(22)10-12(17)4-5-15-14-7-9-19(3,24)18(14,2)11-16(23)20(15,17)21;1-15-13(9-5-4-8-12(13)16)10-6-2-3-7-11(10)14/h10,14-16,23-24H,4-9,11H2,1-3H3;2-3,6-7,15H,4-5,8-9H2,1H3/t14-,15-,16-,17-,18-,19-,20-;/m0./s1. The number of allylic oxidation sites excluding steroid dienone is 1. The molecular weight excluding hydrogens is 529 g/mol. The number of likely N-dealkylation sites (N-methyl/N-ethyl adjacent to an activating group) is 1. The van der Waals surface area contributed by atoms with Crippen molar-refractivity contribution in [3.8, 4) is 0 Å². The first-order valence-electron chi connectivity index (χ1n) is 15.1. The largest absolute Gasteiger partial charge is 0.390 e. The van der Waals surface area contributed by atoms with E-state index in [1.165, 1.54) is 0 Å². The van der Waals surface area contributed by atoms with Crippen LogP contribution in [0.3, 0.4) is 0 Å². The van der Waals surface area contributed by atoms with Gasteiger partial charge in [-0.25, -0.2) is 4.39 Å². The molecule has 0 aromatic heterocycles. The number of carbonyl (C=O) groups excluding carboxylic acids is 2. The summed E-state index contributed by atoms with van der Waals surface area (Å²) >= 11 is 6.20. The fourth-order valence-electron chi connectivity index (χ4n) is 9.31. The molecule has 0 spiro atoms. The Morgan fingerprint density at radius 3 is 2.38 bits per heavy atom. The van der Waals surface area contributed by atoms with Crippen molar-refractivity contribution in [1.29, 1.82) is 0 Å². The van der Waals surface area contributed by atoms with E-state index in [4.69, 9.17) is 11.6 Å². The second-order valence-electron chi connectivity index (χ2n) is 13.7. The number of hydrogen-bond donors (Lipinski definition) is 3. The van der Waals surface area contributed by atoms with Crippen LogP contribution in [0.2, 0.25) is 5.02 Å². The summed E-state index contributed by atoms with van der Waals surface area (Å²) in [5.41, 5.74) is -2.47. The predicted molar refractivity (Wildman–Crippen MR) is 155 cm³/mol. The van der Waals surface area contributed by atoms with Gasteiger partial charge in [-0.1, -0.05) is 55.6 Å². The third-order valence-corrected chi connectivity index (χ3v) is 12.4. The van der Waals surface area contributed by atoms with E-state index in [0.29, 0.717) is 43.5 Å². The molecule has 5 aliphatic rings. The zero-order chi connectivity index (χ0) is 29.1. The molecule has 4 fully saturated rings. The predicted octanol–water partition coefficient (Wildman–Crippen LogP) is 6.23. The minimum atomic E-state index is -1.69. The molecule has 220 valence electrons. The molecule has 0 amide bonds. The van der Waals surface area contributed by atoms with Gasteiger partial charge in [0, 0.05) is 34.6 Å². The highest BCUT2D eigenvalue weighted by Gasteiger charge is 2.72. The summed E-state index contributed by atoms with van der Waals surface area (Å²) in [5, 5.41) is 25.7. The van der Waals surface area contributed by atoms with Crippen molar-refractivity contribution < 1.29 is 24.2 Å². The summed E-state index contributed by atoms with van der Waals surface area (Å²) < 4.78 is 16.6. The lowest BCUT2D eigenvalue weighted by molar-refractivity contribution is -0.225. The Kier molecular flexibility index (Phi) is 7.68. The molecular formula is C33H45ClFNO4. The number of aliphatic hydroxyl groups excluding tert-OH is 1. The number of halogens is 2. The van der Waals surface area contributed by atoms with Crippen molar-refractivity contribution >= 4 is 23.2 Å². The van der Waals surface area contributed by atoms with Crippen LogP contribution in [0, 0.1) is 22.7 Å². The molecule has 0 saturated heterocycles. The highest BCUT2D eigenvalue weighted by molar-refractivity contribution is 6.31. The Bertz CT molecular complexity index is 1220. The normalized spacial score (nSPS) is 44.5. The van der Waals surface area contributed by atoms with Gasteiger partial charge in [0.1, 0.15) is 11.2 Å². The lowest BCUT2D eigenvalue weighted by Gasteiger charge is -2.63. The molecule has 40 heavy (non-hydrogen) atoms. The quantitative estimate of drug-likeness (QED) is 0.390. The lowest BCUT2D eigenvalue weighted by Crippen LogP contribution is -2.68. The summed E-state index contributed by atoms with van der Waals surface area (Å²) in [6.45, 7) is 5.79. The van der Waals surface area contributed by atoms with Crippen LogP contribution in [0.4, 0.5) is 4.39 Å². The van der Waals surface area contributed by atoms with Gasteiger partial charge in [0.2, 0.25) is 0 Å². The molecule has 6 rings (SSSR count). The van der Waals surface area contributed by atoms with E-state index in [9.17, 15) is 19.8 Å². The maximum absolute atomic E-state index is 16.6.